The third-order valence-corrected chi connectivity index (χ3v) is 1.58. The minimum absolute atomic E-state index is 0.186. The van der Waals surface area contributed by atoms with Crippen molar-refractivity contribution >= 4 is 0 Å². The van der Waals surface area contributed by atoms with Crippen LogP contribution in [0.5, 0.6) is 5.75 Å². The Bertz CT molecular complexity index is 386. The zero-order chi connectivity index (χ0) is 9.80. The topological polar surface area (TPSA) is 48.2 Å². The first-order chi connectivity index (χ1) is 6.84. The van der Waals surface area contributed by atoms with Crippen molar-refractivity contribution in [2.45, 2.75) is 6.61 Å². The van der Waals surface area contributed by atoms with Crippen molar-refractivity contribution in [1.29, 1.82) is 0 Å². The summed E-state index contributed by atoms with van der Waals surface area (Å²) >= 11 is 0. The maximum absolute atomic E-state index is 12.5. The minimum atomic E-state index is -0.296. The van der Waals surface area contributed by atoms with Crippen LogP contribution in [0.15, 0.2) is 35.1 Å². The van der Waals surface area contributed by atoms with Gasteiger partial charge in [0.25, 0.3) is 5.89 Å². The molecular weight excluding hydrogens is 187 g/mol. The number of benzene rings is 1. The third kappa shape index (κ3) is 2.07. The zero-order valence-electron chi connectivity index (χ0n) is 7.18. The highest BCUT2D eigenvalue weighted by atomic mass is 19.1. The van der Waals surface area contributed by atoms with Crippen molar-refractivity contribution in [2.75, 3.05) is 0 Å². The largest absolute Gasteiger partial charge is 0.484 e. The van der Waals surface area contributed by atoms with Gasteiger partial charge < -0.3 is 9.26 Å². The van der Waals surface area contributed by atoms with Crippen LogP contribution in [-0.2, 0) is 6.61 Å². The van der Waals surface area contributed by atoms with Gasteiger partial charge in [0.15, 0.2) is 12.9 Å². The number of rotatable bonds is 3. The van der Waals surface area contributed by atoms with E-state index in [1.165, 1.54) is 30.6 Å². The molecule has 0 aliphatic heterocycles. The lowest BCUT2D eigenvalue weighted by molar-refractivity contribution is 0.242. The van der Waals surface area contributed by atoms with Crippen molar-refractivity contribution < 1.29 is 13.7 Å². The fourth-order valence-corrected chi connectivity index (χ4v) is 0.935. The van der Waals surface area contributed by atoms with E-state index in [1.807, 2.05) is 0 Å². The Morgan fingerprint density at radius 2 is 2.07 bits per heavy atom. The van der Waals surface area contributed by atoms with Crippen molar-refractivity contribution in [1.82, 2.24) is 10.1 Å². The normalized spacial score (nSPS) is 10.1. The average molecular weight is 194 g/mol. The van der Waals surface area contributed by atoms with Crippen LogP contribution >= 0.6 is 0 Å². The maximum atomic E-state index is 12.5. The highest BCUT2D eigenvalue weighted by Gasteiger charge is 2.00. The predicted molar refractivity (Wildman–Crippen MR) is 45.0 cm³/mol. The summed E-state index contributed by atoms with van der Waals surface area (Å²) in [5, 5.41) is 3.42. The molecule has 0 bridgehead atoms. The summed E-state index contributed by atoms with van der Waals surface area (Å²) in [6.45, 7) is 0.186. The molecule has 0 N–H and O–H groups in total. The lowest BCUT2D eigenvalue weighted by Crippen LogP contribution is -1.95. The Morgan fingerprint density at radius 3 is 2.71 bits per heavy atom. The Hall–Kier alpha value is -1.91. The van der Waals surface area contributed by atoms with Gasteiger partial charge in [0.1, 0.15) is 11.6 Å². The van der Waals surface area contributed by atoms with E-state index in [4.69, 9.17) is 9.26 Å². The Kier molecular flexibility index (Phi) is 2.40. The molecule has 0 amide bonds. The summed E-state index contributed by atoms with van der Waals surface area (Å²) in [4.78, 5) is 3.77. The van der Waals surface area contributed by atoms with Crippen LogP contribution in [-0.4, -0.2) is 10.1 Å². The summed E-state index contributed by atoms with van der Waals surface area (Å²) < 4.78 is 22.5. The molecule has 0 fully saturated rings. The van der Waals surface area contributed by atoms with Gasteiger partial charge in [0.05, 0.1) is 0 Å². The molecule has 14 heavy (non-hydrogen) atoms. The van der Waals surface area contributed by atoms with Crippen LogP contribution in [0.4, 0.5) is 4.39 Å². The predicted octanol–water partition coefficient (Wildman–Crippen LogP) is 1.79. The Balaban J connectivity index is 1.95. The van der Waals surface area contributed by atoms with E-state index in [2.05, 4.69) is 10.1 Å². The van der Waals surface area contributed by atoms with Crippen molar-refractivity contribution in [3.8, 4) is 5.75 Å². The van der Waals surface area contributed by atoms with Crippen LogP contribution in [0.25, 0.3) is 0 Å². The van der Waals surface area contributed by atoms with Crippen LogP contribution in [0.1, 0.15) is 5.89 Å². The summed E-state index contributed by atoms with van der Waals surface area (Å²) in [6, 6.07) is 5.71. The van der Waals surface area contributed by atoms with E-state index in [0.717, 1.165) is 0 Å². The molecule has 0 saturated carbocycles. The number of ether oxygens (including phenoxy) is 1. The molecule has 1 aromatic heterocycles. The van der Waals surface area contributed by atoms with Crippen molar-refractivity contribution in [3.63, 3.8) is 0 Å². The van der Waals surface area contributed by atoms with E-state index in [-0.39, 0.29) is 12.4 Å². The fraction of sp³-hybridized carbons (Fsp3) is 0.111. The summed E-state index contributed by atoms with van der Waals surface area (Å²) in [5.41, 5.74) is 0. The highest BCUT2D eigenvalue weighted by molar-refractivity contribution is 5.21. The zero-order valence-corrected chi connectivity index (χ0v) is 7.18. The molecule has 1 aromatic carbocycles. The first-order valence-electron chi connectivity index (χ1n) is 3.98. The Morgan fingerprint density at radius 1 is 1.29 bits per heavy atom. The van der Waals surface area contributed by atoms with Crippen molar-refractivity contribution in [3.05, 3.63) is 42.3 Å². The lowest BCUT2D eigenvalue weighted by atomic mass is 10.3. The summed E-state index contributed by atoms with van der Waals surface area (Å²) in [6.07, 6.45) is 1.29. The van der Waals surface area contributed by atoms with Gasteiger partial charge in [-0.3, -0.25) is 0 Å². The van der Waals surface area contributed by atoms with Crippen LogP contribution in [0.2, 0.25) is 0 Å². The number of halogens is 1. The van der Waals surface area contributed by atoms with E-state index in [9.17, 15) is 4.39 Å². The van der Waals surface area contributed by atoms with Crippen LogP contribution in [0, 0.1) is 5.82 Å². The smallest absolute Gasteiger partial charge is 0.264 e. The minimum Gasteiger partial charge on any atom is -0.484 e. The second-order valence-electron chi connectivity index (χ2n) is 2.58. The van der Waals surface area contributed by atoms with Gasteiger partial charge in [0, 0.05) is 0 Å². The van der Waals surface area contributed by atoms with Crippen LogP contribution < -0.4 is 4.74 Å². The molecule has 0 radical (unpaired) electrons. The molecule has 2 rings (SSSR count). The second kappa shape index (κ2) is 3.87. The van der Waals surface area contributed by atoms with E-state index in [1.54, 1.807) is 0 Å². The van der Waals surface area contributed by atoms with Crippen LogP contribution in [0.3, 0.4) is 0 Å². The number of hydrogen-bond acceptors (Lipinski definition) is 4. The van der Waals surface area contributed by atoms with Gasteiger partial charge in [-0.1, -0.05) is 5.16 Å². The quantitative estimate of drug-likeness (QED) is 0.747. The molecule has 0 unspecified atom stereocenters. The molecule has 4 nitrogen and oxygen atoms in total. The van der Waals surface area contributed by atoms with Gasteiger partial charge in [-0.25, -0.2) is 4.39 Å². The van der Waals surface area contributed by atoms with Crippen molar-refractivity contribution in [2.24, 2.45) is 0 Å². The molecule has 0 saturated heterocycles. The Labute approximate surface area is 79.3 Å². The van der Waals surface area contributed by atoms with E-state index >= 15 is 0 Å². The second-order valence-corrected chi connectivity index (χ2v) is 2.58. The van der Waals surface area contributed by atoms with Gasteiger partial charge in [0.2, 0.25) is 0 Å². The van der Waals surface area contributed by atoms with E-state index < -0.39 is 0 Å². The molecule has 72 valence electrons. The number of aromatic nitrogens is 2. The van der Waals surface area contributed by atoms with E-state index in [0.29, 0.717) is 11.6 Å². The molecule has 2 aromatic rings. The first-order valence-corrected chi connectivity index (χ1v) is 3.98. The SMILES string of the molecule is Fc1ccc(OCc2ncno2)cc1. The van der Waals surface area contributed by atoms with Gasteiger partial charge in [-0.2, -0.15) is 4.98 Å². The monoisotopic (exact) mass is 194 g/mol. The molecule has 0 aliphatic rings. The molecule has 0 spiro atoms. The molecule has 1 heterocycles. The number of hydrogen-bond donors (Lipinski definition) is 0. The van der Waals surface area contributed by atoms with Gasteiger partial charge >= 0.3 is 0 Å². The average Bonchev–Trinajstić information content (AvgIpc) is 2.70. The van der Waals surface area contributed by atoms with Gasteiger partial charge in [-0.05, 0) is 24.3 Å². The summed E-state index contributed by atoms with van der Waals surface area (Å²) in [7, 11) is 0. The molecule has 0 atom stereocenters. The highest BCUT2D eigenvalue weighted by Crippen LogP contribution is 2.12. The standard InChI is InChI=1S/C9H7FN2O2/c10-7-1-3-8(4-2-7)13-5-9-11-6-12-14-9/h1-4,6H,5H2. The summed E-state index contributed by atoms with van der Waals surface area (Å²) in [5.74, 6) is 0.647. The van der Waals surface area contributed by atoms with Gasteiger partial charge in [-0.15, -0.1) is 0 Å². The fourth-order valence-electron chi connectivity index (χ4n) is 0.935. The lowest BCUT2D eigenvalue weighted by Gasteiger charge is -2.01. The number of nitrogens with zero attached hydrogens (tertiary/aromatic N) is 2. The maximum Gasteiger partial charge on any atom is 0.264 e. The first kappa shape index (κ1) is 8.68. The molecule has 5 heteroatoms. The molecular formula is C9H7FN2O2. The molecule has 0 aliphatic carbocycles. The third-order valence-electron chi connectivity index (χ3n) is 1.58.